The number of rotatable bonds is 5. The number of imidazole rings is 1. The first-order valence-electron chi connectivity index (χ1n) is 9.73. The lowest BCUT2D eigenvalue weighted by Crippen LogP contribution is -2.28. The summed E-state index contributed by atoms with van der Waals surface area (Å²) in [6.45, 7) is 1.55. The maximum atomic E-state index is 13.5. The zero-order valence-electron chi connectivity index (χ0n) is 17.2. The highest BCUT2D eigenvalue weighted by Crippen LogP contribution is 2.32. The molecule has 0 aliphatic carbocycles. The quantitative estimate of drug-likeness (QED) is 0.467. The van der Waals surface area contributed by atoms with Crippen LogP contribution in [0.5, 0.6) is 17.4 Å². The van der Waals surface area contributed by atoms with Crippen LogP contribution < -0.4 is 10.4 Å². The van der Waals surface area contributed by atoms with Gasteiger partial charge < -0.3 is 14.9 Å². The summed E-state index contributed by atoms with van der Waals surface area (Å²) >= 11 is 0. The maximum absolute atomic E-state index is 13.5. The Morgan fingerprint density at radius 2 is 1.64 bits per heavy atom. The molecular weight excluding hydrogens is 439 g/mol. The highest BCUT2D eigenvalue weighted by molar-refractivity contribution is 5.44. The van der Waals surface area contributed by atoms with Crippen LogP contribution in [0.3, 0.4) is 0 Å². The Morgan fingerprint density at radius 3 is 2.24 bits per heavy atom. The van der Waals surface area contributed by atoms with Crippen LogP contribution in [0.25, 0.3) is 5.69 Å². The van der Waals surface area contributed by atoms with Gasteiger partial charge in [-0.2, -0.15) is 0 Å². The van der Waals surface area contributed by atoms with E-state index in [2.05, 4.69) is 9.72 Å². The Kier molecular flexibility index (Phi) is 5.59. The van der Waals surface area contributed by atoms with Crippen molar-refractivity contribution < 1.29 is 28.1 Å². The highest BCUT2D eigenvalue weighted by atomic mass is 19.4. The number of hydrogen-bond acceptors (Lipinski definition) is 5. The van der Waals surface area contributed by atoms with Gasteiger partial charge in [-0.05, 0) is 66.6 Å². The molecule has 0 radical (unpaired) electrons. The molecular formula is C23H18F3N3O4. The van der Waals surface area contributed by atoms with Crippen molar-refractivity contribution in [3.63, 3.8) is 0 Å². The molecule has 2 aromatic heterocycles. The van der Waals surface area contributed by atoms with Crippen LogP contribution >= 0.6 is 0 Å². The molecule has 0 saturated carbocycles. The minimum atomic E-state index is -4.85. The Bertz CT molecular complexity index is 1330. The number of aromatic hydroxyl groups is 2. The molecule has 1 atom stereocenters. The van der Waals surface area contributed by atoms with E-state index in [1.165, 1.54) is 28.8 Å². The topological polar surface area (TPSA) is 89.5 Å². The Labute approximate surface area is 185 Å². The third kappa shape index (κ3) is 4.40. The van der Waals surface area contributed by atoms with Gasteiger partial charge in [-0.25, -0.2) is 9.36 Å². The number of pyridine rings is 1. The molecule has 1 unspecified atom stereocenters. The smallest absolute Gasteiger partial charge is 0.508 e. The molecule has 2 N–H and O–H groups in total. The molecule has 0 saturated heterocycles. The molecule has 7 nitrogen and oxygen atoms in total. The van der Waals surface area contributed by atoms with Gasteiger partial charge >= 0.3 is 12.1 Å². The van der Waals surface area contributed by atoms with Crippen LogP contribution in [0.15, 0.2) is 77.9 Å². The predicted octanol–water partition coefficient (Wildman–Crippen LogP) is 4.29. The predicted molar refractivity (Wildman–Crippen MR) is 113 cm³/mol. The van der Waals surface area contributed by atoms with Crippen LogP contribution in [0.4, 0.5) is 13.2 Å². The van der Waals surface area contributed by atoms with Crippen LogP contribution in [-0.4, -0.2) is 30.7 Å². The summed E-state index contributed by atoms with van der Waals surface area (Å²) in [5, 5.41) is 20.8. The zero-order chi connectivity index (χ0) is 23.8. The molecule has 0 amide bonds. The third-order valence-corrected chi connectivity index (χ3v) is 5.09. The van der Waals surface area contributed by atoms with E-state index >= 15 is 0 Å². The molecule has 0 fully saturated rings. The summed E-state index contributed by atoms with van der Waals surface area (Å²) in [6.07, 6.45) is -1.73. The minimum Gasteiger partial charge on any atom is -0.508 e. The summed E-state index contributed by atoms with van der Waals surface area (Å²) < 4.78 is 43.5. The maximum Gasteiger partial charge on any atom is 0.573 e. The fourth-order valence-corrected chi connectivity index (χ4v) is 3.68. The second-order valence-corrected chi connectivity index (χ2v) is 7.22. The minimum absolute atomic E-state index is 0.00108. The van der Waals surface area contributed by atoms with Gasteiger partial charge in [-0.15, -0.1) is 13.2 Å². The number of hydrogen-bond donors (Lipinski definition) is 2. The van der Waals surface area contributed by atoms with Crippen molar-refractivity contribution in [2.45, 2.75) is 19.3 Å². The summed E-state index contributed by atoms with van der Waals surface area (Å²) in [5.74, 6) is -0.825. The SMILES string of the molecule is Cc1c(O)n(-c2ccc(OC(F)(F)F)cc2)c(=O)n1C(c1ccncc1)c1cccc(O)c1. The van der Waals surface area contributed by atoms with Gasteiger partial charge in [0.05, 0.1) is 17.4 Å². The van der Waals surface area contributed by atoms with Crippen LogP contribution in [0, 0.1) is 6.92 Å². The van der Waals surface area contributed by atoms with Crippen LogP contribution in [0.1, 0.15) is 22.9 Å². The van der Waals surface area contributed by atoms with Gasteiger partial charge in [0.2, 0.25) is 5.88 Å². The molecule has 0 aliphatic heterocycles. The lowest BCUT2D eigenvalue weighted by atomic mass is 9.99. The number of ether oxygens (including phenoxy) is 1. The third-order valence-electron chi connectivity index (χ3n) is 5.09. The molecule has 170 valence electrons. The van der Waals surface area contributed by atoms with E-state index in [0.29, 0.717) is 11.1 Å². The van der Waals surface area contributed by atoms with E-state index in [0.717, 1.165) is 16.7 Å². The molecule has 0 spiro atoms. The van der Waals surface area contributed by atoms with Gasteiger partial charge in [0.1, 0.15) is 11.5 Å². The van der Waals surface area contributed by atoms with Crippen LogP contribution in [-0.2, 0) is 0 Å². The zero-order valence-corrected chi connectivity index (χ0v) is 17.2. The van der Waals surface area contributed by atoms with Gasteiger partial charge in [0, 0.05) is 12.4 Å². The fourth-order valence-electron chi connectivity index (χ4n) is 3.68. The molecule has 2 aromatic carbocycles. The standard InChI is InChI=1S/C23H18F3N3O4/c1-14-21(31)29(17-5-7-19(8-6-17)33-23(24,25)26)22(32)28(14)20(15-9-11-27-12-10-15)16-3-2-4-18(30)13-16/h2-13,20,30-31H,1H3. The Hall–Kier alpha value is -4.21. The number of phenols is 1. The molecule has 0 bridgehead atoms. The van der Waals surface area contributed by atoms with Crippen molar-refractivity contribution in [3.05, 3.63) is 100 Å². The van der Waals surface area contributed by atoms with Gasteiger partial charge in [0.15, 0.2) is 0 Å². The summed E-state index contributed by atoms with van der Waals surface area (Å²) in [4.78, 5) is 17.5. The Balaban J connectivity index is 1.86. The summed E-state index contributed by atoms with van der Waals surface area (Å²) in [5.41, 5.74) is 1.00. The largest absolute Gasteiger partial charge is 0.573 e. The number of alkyl halides is 3. The van der Waals surface area contributed by atoms with E-state index in [9.17, 15) is 28.2 Å². The van der Waals surface area contributed by atoms with Crippen LogP contribution in [0.2, 0.25) is 0 Å². The first kappa shape index (κ1) is 22.0. The average molecular weight is 457 g/mol. The number of phenolic OH excluding ortho intramolecular Hbond substituents is 1. The second kappa shape index (κ2) is 8.38. The number of aromatic nitrogens is 3. The van der Waals surface area contributed by atoms with E-state index in [-0.39, 0.29) is 23.0 Å². The van der Waals surface area contributed by atoms with E-state index in [1.54, 1.807) is 43.6 Å². The van der Waals surface area contributed by atoms with Gasteiger partial charge in [-0.3, -0.25) is 9.55 Å². The highest BCUT2D eigenvalue weighted by Gasteiger charge is 2.31. The second-order valence-electron chi connectivity index (χ2n) is 7.22. The van der Waals surface area contributed by atoms with Gasteiger partial charge in [0.25, 0.3) is 0 Å². The lowest BCUT2D eigenvalue weighted by molar-refractivity contribution is -0.274. The normalized spacial score (nSPS) is 12.5. The molecule has 4 rings (SSSR count). The number of benzene rings is 2. The molecule has 4 aromatic rings. The molecule has 10 heteroatoms. The first-order chi connectivity index (χ1) is 15.7. The van der Waals surface area contributed by atoms with Crippen molar-refractivity contribution >= 4 is 0 Å². The van der Waals surface area contributed by atoms with E-state index in [1.807, 2.05) is 0 Å². The van der Waals surface area contributed by atoms with Crippen molar-refractivity contribution in [1.82, 2.24) is 14.1 Å². The molecule has 2 heterocycles. The molecule has 33 heavy (non-hydrogen) atoms. The Morgan fingerprint density at radius 1 is 0.970 bits per heavy atom. The molecule has 0 aliphatic rings. The van der Waals surface area contributed by atoms with E-state index < -0.39 is 23.8 Å². The first-order valence-corrected chi connectivity index (χ1v) is 9.73. The van der Waals surface area contributed by atoms with Gasteiger partial charge in [-0.1, -0.05) is 12.1 Å². The monoisotopic (exact) mass is 457 g/mol. The van der Waals surface area contributed by atoms with Crippen molar-refractivity contribution in [1.29, 1.82) is 0 Å². The fraction of sp³-hybridized carbons (Fsp3) is 0.130. The summed E-state index contributed by atoms with van der Waals surface area (Å²) in [7, 11) is 0. The number of nitrogens with zero attached hydrogens (tertiary/aromatic N) is 3. The average Bonchev–Trinajstić information content (AvgIpc) is 2.98. The number of halogens is 3. The van der Waals surface area contributed by atoms with Crippen molar-refractivity contribution in [2.24, 2.45) is 0 Å². The summed E-state index contributed by atoms with van der Waals surface area (Å²) in [6, 6.07) is 13.6. The van der Waals surface area contributed by atoms with Crippen molar-refractivity contribution in [2.75, 3.05) is 0 Å². The lowest BCUT2D eigenvalue weighted by Gasteiger charge is -2.20. The van der Waals surface area contributed by atoms with E-state index in [4.69, 9.17) is 0 Å². The van der Waals surface area contributed by atoms with Crippen molar-refractivity contribution in [3.8, 4) is 23.1 Å².